The van der Waals surface area contributed by atoms with Gasteiger partial charge in [-0.1, -0.05) is 23.9 Å². The molecule has 1 aliphatic rings. The molecule has 3 heterocycles. The van der Waals surface area contributed by atoms with Crippen LogP contribution in [0.3, 0.4) is 0 Å². The quantitative estimate of drug-likeness (QED) is 0.416. The van der Waals surface area contributed by atoms with E-state index in [1.165, 1.54) is 24.7 Å². The molecule has 0 saturated heterocycles. The minimum atomic E-state index is -4.37. The molecule has 0 spiro atoms. The van der Waals surface area contributed by atoms with E-state index in [9.17, 15) is 18.0 Å². The summed E-state index contributed by atoms with van der Waals surface area (Å²) in [6.07, 6.45) is 2.28. The molecule has 0 radical (unpaired) electrons. The summed E-state index contributed by atoms with van der Waals surface area (Å²) in [5.41, 5.74) is 3.99. The molecule has 2 N–H and O–H groups in total. The van der Waals surface area contributed by atoms with Crippen LogP contribution in [0.25, 0.3) is 11.2 Å². The van der Waals surface area contributed by atoms with Crippen molar-refractivity contribution in [2.24, 2.45) is 0 Å². The zero-order valence-electron chi connectivity index (χ0n) is 17.6. The van der Waals surface area contributed by atoms with E-state index in [0.29, 0.717) is 16.9 Å². The zero-order valence-corrected chi connectivity index (χ0v) is 17.6. The molecule has 5 rings (SSSR count). The van der Waals surface area contributed by atoms with Crippen molar-refractivity contribution in [1.29, 1.82) is 0 Å². The van der Waals surface area contributed by atoms with Gasteiger partial charge in [0.2, 0.25) is 11.9 Å². The molecule has 1 aromatic carbocycles. The van der Waals surface area contributed by atoms with Crippen LogP contribution in [0, 0.1) is 0 Å². The Hall–Kier alpha value is -4.29. The van der Waals surface area contributed by atoms with Gasteiger partial charge in [-0.25, -0.2) is 9.67 Å². The molecule has 4 aromatic rings. The van der Waals surface area contributed by atoms with Gasteiger partial charge in [0.05, 0.1) is 24.1 Å². The number of carbonyl (C=O) groups excluding carboxylic acids is 1. The van der Waals surface area contributed by atoms with Gasteiger partial charge in [-0.3, -0.25) is 9.48 Å². The maximum absolute atomic E-state index is 12.6. The van der Waals surface area contributed by atoms with Crippen molar-refractivity contribution >= 4 is 34.4 Å². The number of hydrogen-bond acceptors (Lipinski definition) is 7. The third-order valence-corrected chi connectivity index (χ3v) is 5.42. The molecular weight excluding hydrogens is 451 g/mol. The Balaban J connectivity index is 1.43. The SMILES string of the molecule is C=CC(=O)Nc1cccc2c1CC[C@H]2n1nnc2cnc(Nc3cnn(CC(F)(F)F)c3)nc21. The van der Waals surface area contributed by atoms with E-state index in [1.807, 2.05) is 18.2 Å². The minimum Gasteiger partial charge on any atom is -0.322 e. The number of amides is 1. The fourth-order valence-electron chi connectivity index (χ4n) is 4.03. The number of aromatic nitrogens is 7. The molecule has 0 bridgehead atoms. The van der Waals surface area contributed by atoms with E-state index < -0.39 is 12.7 Å². The Morgan fingerprint density at radius 3 is 2.94 bits per heavy atom. The first-order chi connectivity index (χ1) is 16.3. The molecule has 3 aromatic heterocycles. The maximum Gasteiger partial charge on any atom is 0.408 e. The van der Waals surface area contributed by atoms with E-state index in [2.05, 4.69) is 42.6 Å². The molecule has 1 atom stereocenters. The lowest BCUT2D eigenvalue weighted by Gasteiger charge is -2.14. The number of carbonyl (C=O) groups is 1. The fraction of sp³-hybridized carbons (Fsp3) is 0.238. The smallest absolute Gasteiger partial charge is 0.322 e. The van der Waals surface area contributed by atoms with E-state index >= 15 is 0 Å². The van der Waals surface area contributed by atoms with Gasteiger partial charge < -0.3 is 10.6 Å². The Morgan fingerprint density at radius 2 is 2.15 bits per heavy atom. The van der Waals surface area contributed by atoms with Crippen LogP contribution in [0.15, 0.2) is 49.4 Å². The van der Waals surface area contributed by atoms with Gasteiger partial charge in [0, 0.05) is 11.9 Å². The number of rotatable bonds is 6. The van der Waals surface area contributed by atoms with Gasteiger partial charge in [0.1, 0.15) is 6.54 Å². The molecule has 0 saturated carbocycles. The Kier molecular flexibility index (Phi) is 5.23. The van der Waals surface area contributed by atoms with Crippen LogP contribution >= 0.6 is 0 Å². The van der Waals surface area contributed by atoms with Crippen molar-refractivity contribution in [2.75, 3.05) is 10.6 Å². The number of hydrogen-bond donors (Lipinski definition) is 2. The fourth-order valence-corrected chi connectivity index (χ4v) is 4.03. The number of anilines is 3. The van der Waals surface area contributed by atoms with Crippen LogP contribution in [-0.4, -0.2) is 46.8 Å². The van der Waals surface area contributed by atoms with Crippen molar-refractivity contribution in [2.45, 2.75) is 31.6 Å². The van der Waals surface area contributed by atoms with E-state index in [4.69, 9.17) is 0 Å². The van der Waals surface area contributed by atoms with Crippen LogP contribution in [0.1, 0.15) is 23.6 Å². The minimum absolute atomic E-state index is 0.155. The first-order valence-electron chi connectivity index (χ1n) is 10.3. The Morgan fingerprint density at radius 1 is 1.29 bits per heavy atom. The van der Waals surface area contributed by atoms with Crippen LogP contribution in [0.5, 0.6) is 0 Å². The first kappa shape index (κ1) is 21.6. The number of nitrogens with one attached hydrogen (secondary N) is 2. The van der Waals surface area contributed by atoms with E-state index in [0.717, 1.165) is 34.3 Å². The van der Waals surface area contributed by atoms with Gasteiger partial charge in [-0.15, -0.1) is 5.10 Å². The molecule has 0 unspecified atom stereocenters. The summed E-state index contributed by atoms with van der Waals surface area (Å²) in [6.45, 7) is 2.29. The Labute approximate surface area is 190 Å². The summed E-state index contributed by atoms with van der Waals surface area (Å²) in [6, 6.07) is 5.51. The lowest BCUT2D eigenvalue weighted by Crippen LogP contribution is -2.17. The van der Waals surface area contributed by atoms with Crippen LogP contribution < -0.4 is 10.6 Å². The summed E-state index contributed by atoms with van der Waals surface area (Å²) in [7, 11) is 0. The monoisotopic (exact) mass is 469 g/mol. The van der Waals surface area contributed by atoms with E-state index in [-0.39, 0.29) is 17.9 Å². The number of alkyl halides is 3. The largest absolute Gasteiger partial charge is 0.408 e. The molecule has 10 nitrogen and oxygen atoms in total. The second-order valence-electron chi connectivity index (χ2n) is 7.72. The van der Waals surface area contributed by atoms with E-state index in [1.54, 1.807) is 4.68 Å². The highest BCUT2D eigenvalue weighted by molar-refractivity contribution is 5.99. The predicted molar refractivity (Wildman–Crippen MR) is 116 cm³/mol. The Bertz CT molecular complexity index is 1390. The zero-order chi connectivity index (χ0) is 23.9. The van der Waals surface area contributed by atoms with Crippen molar-refractivity contribution in [1.82, 2.24) is 34.7 Å². The molecular formula is C21H18F3N9O. The summed E-state index contributed by atoms with van der Waals surface area (Å²) < 4.78 is 40.2. The topological polar surface area (TPSA) is 115 Å². The normalized spacial score (nSPS) is 15.3. The summed E-state index contributed by atoms with van der Waals surface area (Å²) in [5, 5.41) is 17.8. The highest BCUT2D eigenvalue weighted by Crippen LogP contribution is 2.38. The molecule has 0 fully saturated rings. The lowest BCUT2D eigenvalue weighted by molar-refractivity contribution is -0.142. The summed E-state index contributed by atoms with van der Waals surface area (Å²) in [4.78, 5) is 20.4. The summed E-state index contributed by atoms with van der Waals surface area (Å²) >= 11 is 0. The number of benzene rings is 1. The molecule has 1 aliphatic carbocycles. The number of nitrogens with zero attached hydrogens (tertiary/aromatic N) is 7. The standard InChI is InChI=1S/C21H18F3N9O/c1-2-18(34)28-15-5-3-4-14-13(15)6-7-17(14)33-19-16(30-31-33)9-25-20(29-19)27-12-8-26-32(10-12)11-21(22,23)24/h2-5,8-10,17H,1,6-7,11H2,(H,28,34)(H,25,27,29)/t17-/m1/s1. The molecule has 1 amide bonds. The highest BCUT2D eigenvalue weighted by atomic mass is 19.4. The van der Waals surface area contributed by atoms with Gasteiger partial charge in [0.15, 0.2) is 11.2 Å². The maximum atomic E-state index is 12.6. The second kappa shape index (κ2) is 8.24. The van der Waals surface area contributed by atoms with Gasteiger partial charge in [-0.05, 0) is 36.1 Å². The van der Waals surface area contributed by atoms with Crippen molar-refractivity contribution in [3.05, 3.63) is 60.6 Å². The van der Waals surface area contributed by atoms with Crippen LogP contribution in [0.4, 0.5) is 30.5 Å². The van der Waals surface area contributed by atoms with Crippen molar-refractivity contribution < 1.29 is 18.0 Å². The molecule has 13 heteroatoms. The van der Waals surface area contributed by atoms with Crippen molar-refractivity contribution in [3.8, 4) is 0 Å². The number of fused-ring (bicyclic) bond motifs is 2. The lowest BCUT2D eigenvalue weighted by atomic mass is 10.1. The highest BCUT2D eigenvalue weighted by Gasteiger charge is 2.30. The second-order valence-corrected chi connectivity index (χ2v) is 7.72. The third-order valence-electron chi connectivity index (χ3n) is 5.42. The van der Waals surface area contributed by atoms with Gasteiger partial charge in [-0.2, -0.15) is 23.3 Å². The number of halogens is 3. The van der Waals surface area contributed by atoms with Crippen LogP contribution in [0.2, 0.25) is 0 Å². The molecule has 0 aliphatic heterocycles. The molecule has 174 valence electrons. The van der Waals surface area contributed by atoms with Crippen LogP contribution in [-0.2, 0) is 17.8 Å². The molecule has 34 heavy (non-hydrogen) atoms. The average Bonchev–Trinajstić information content (AvgIpc) is 3.51. The van der Waals surface area contributed by atoms with Gasteiger partial charge in [0.25, 0.3) is 0 Å². The van der Waals surface area contributed by atoms with Gasteiger partial charge >= 0.3 is 6.18 Å². The predicted octanol–water partition coefficient (Wildman–Crippen LogP) is 3.38. The third kappa shape index (κ3) is 4.19. The summed E-state index contributed by atoms with van der Waals surface area (Å²) in [5.74, 6) is -0.113. The van der Waals surface area contributed by atoms with Crippen molar-refractivity contribution in [3.63, 3.8) is 0 Å². The first-order valence-corrected chi connectivity index (χ1v) is 10.3. The average molecular weight is 469 g/mol.